The fourth-order valence-corrected chi connectivity index (χ4v) is 2.48. The molecule has 2 amide bonds. The molecule has 1 aromatic rings. The summed E-state index contributed by atoms with van der Waals surface area (Å²) in [4.78, 5) is 25.2. The van der Waals surface area contributed by atoms with Gasteiger partial charge in [0.05, 0.1) is 11.4 Å². The Bertz CT molecular complexity index is 515. The third-order valence-corrected chi connectivity index (χ3v) is 3.80. The first-order chi connectivity index (χ1) is 9.41. The molecule has 1 aliphatic heterocycles. The van der Waals surface area contributed by atoms with Gasteiger partial charge in [-0.1, -0.05) is 13.8 Å². The Morgan fingerprint density at radius 1 is 1.35 bits per heavy atom. The second-order valence-corrected chi connectivity index (χ2v) is 5.52. The zero-order chi connectivity index (χ0) is 14.9. The largest absolute Gasteiger partial charge is 0.395 e. The molecule has 0 saturated carbocycles. The zero-order valence-electron chi connectivity index (χ0n) is 11.8. The second-order valence-electron chi connectivity index (χ2n) is 5.52. The van der Waals surface area contributed by atoms with Crippen LogP contribution in [0.2, 0.25) is 0 Å². The lowest BCUT2D eigenvalue weighted by molar-refractivity contribution is -0.123. The molecule has 0 atom stereocenters. The van der Waals surface area contributed by atoms with Gasteiger partial charge in [0.25, 0.3) is 5.91 Å². The Morgan fingerprint density at radius 2 is 1.95 bits per heavy atom. The monoisotopic (exact) mass is 279 g/mol. The maximum atomic E-state index is 12.4. The Hall–Kier alpha value is -2.05. The predicted octanol–water partition coefficient (Wildman–Crippen LogP) is 0.453. The van der Waals surface area contributed by atoms with Crippen LogP contribution in [0.3, 0.4) is 0 Å². The van der Waals surface area contributed by atoms with Crippen molar-refractivity contribution in [2.75, 3.05) is 18.8 Å². The number of nitrogen functional groups attached to an aromatic ring is 1. The van der Waals surface area contributed by atoms with E-state index < -0.39 is 0 Å². The normalized spacial score (nSPS) is 16.6. The number of amides is 2. The summed E-state index contributed by atoms with van der Waals surface area (Å²) in [6, 6.07) is 0. The summed E-state index contributed by atoms with van der Waals surface area (Å²) in [7, 11) is 0. The van der Waals surface area contributed by atoms with E-state index in [9.17, 15) is 9.59 Å². The van der Waals surface area contributed by atoms with Crippen molar-refractivity contribution >= 4 is 17.5 Å². The van der Waals surface area contributed by atoms with E-state index in [1.54, 1.807) is 4.90 Å². The van der Waals surface area contributed by atoms with Crippen LogP contribution in [-0.2, 0) is 4.79 Å². The summed E-state index contributed by atoms with van der Waals surface area (Å²) in [5, 5.41) is 6.86. The number of rotatable bonds is 3. The second kappa shape index (κ2) is 5.52. The molecule has 0 spiro atoms. The van der Waals surface area contributed by atoms with Gasteiger partial charge in [-0.2, -0.15) is 5.10 Å². The zero-order valence-corrected chi connectivity index (χ0v) is 11.8. The Balaban J connectivity index is 2.08. The molecule has 0 aromatic carbocycles. The number of anilines is 1. The highest BCUT2D eigenvalue weighted by Gasteiger charge is 2.29. The number of nitrogens with zero attached hydrogens (tertiary/aromatic N) is 2. The van der Waals surface area contributed by atoms with Crippen LogP contribution >= 0.6 is 0 Å². The molecule has 0 unspecified atom stereocenters. The van der Waals surface area contributed by atoms with Crippen LogP contribution < -0.4 is 11.5 Å². The molecule has 7 nitrogen and oxygen atoms in total. The van der Waals surface area contributed by atoms with E-state index in [2.05, 4.69) is 10.2 Å². The highest BCUT2D eigenvalue weighted by atomic mass is 16.2. The van der Waals surface area contributed by atoms with E-state index in [0.717, 1.165) is 5.69 Å². The molecular weight excluding hydrogens is 258 g/mol. The van der Waals surface area contributed by atoms with E-state index in [1.165, 1.54) is 0 Å². The number of aromatic nitrogens is 2. The van der Waals surface area contributed by atoms with Crippen LogP contribution in [0.5, 0.6) is 0 Å². The lowest BCUT2D eigenvalue weighted by Gasteiger charge is -2.30. The lowest BCUT2D eigenvalue weighted by atomic mass is 9.96. The maximum Gasteiger partial charge on any atom is 0.276 e. The van der Waals surface area contributed by atoms with Gasteiger partial charge in [-0.25, -0.2) is 0 Å². The van der Waals surface area contributed by atoms with Crippen molar-refractivity contribution in [1.82, 2.24) is 15.1 Å². The average Bonchev–Trinajstić information content (AvgIpc) is 2.80. The number of piperidine rings is 1. The van der Waals surface area contributed by atoms with Crippen LogP contribution in [0.1, 0.15) is 48.8 Å². The van der Waals surface area contributed by atoms with E-state index >= 15 is 0 Å². The van der Waals surface area contributed by atoms with Gasteiger partial charge in [-0.3, -0.25) is 14.7 Å². The molecule has 1 aromatic heterocycles. The van der Waals surface area contributed by atoms with Gasteiger partial charge < -0.3 is 16.4 Å². The first-order valence-corrected chi connectivity index (χ1v) is 6.84. The molecule has 20 heavy (non-hydrogen) atoms. The number of nitrogens with two attached hydrogens (primary N) is 2. The van der Waals surface area contributed by atoms with E-state index in [1.807, 2.05) is 13.8 Å². The number of H-pyrrole nitrogens is 1. The van der Waals surface area contributed by atoms with Crippen LogP contribution in [0.15, 0.2) is 0 Å². The molecule has 5 N–H and O–H groups in total. The Kier molecular flexibility index (Phi) is 3.96. The van der Waals surface area contributed by atoms with Crippen molar-refractivity contribution in [2.24, 2.45) is 11.7 Å². The van der Waals surface area contributed by atoms with Crippen molar-refractivity contribution in [3.05, 3.63) is 11.4 Å². The standard InChI is InChI=1S/C13H21N5O2/c1-7(2)10-9(14)11(17-16-10)13(20)18-5-3-8(4-6-18)12(15)19/h7-8H,3-6,14H2,1-2H3,(H2,15,19)(H,16,17). The summed E-state index contributed by atoms with van der Waals surface area (Å²) >= 11 is 0. The number of nitrogens with one attached hydrogen (secondary N) is 1. The van der Waals surface area contributed by atoms with Crippen molar-refractivity contribution < 1.29 is 9.59 Å². The third-order valence-electron chi connectivity index (χ3n) is 3.80. The van der Waals surface area contributed by atoms with Crippen LogP contribution in [-0.4, -0.2) is 40.0 Å². The van der Waals surface area contributed by atoms with Crippen molar-refractivity contribution in [2.45, 2.75) is 32.6 Å². The average molecular weight is 279 g/mol. The topological polar surface area (TPSA) is 118 Å². The van der Waals surface area contributed by atoms with Crippen LogP contribution in [0, 0.1) is 5.92 Å². The summed E-state index contributed by atoms with van der Waals surface area (Å²) in [6.45, 7) is 4.98. The Labute approximate surface area is 117 Å². The number of hydrogen-bond donors (Lipinski definition) is 3. The number of likely N-dealkylation sites (tertiary alicyclic amines) is 1. The van der Waals surface area contributed by atoms with Gasteiger partial charge in [0, 0.05) is 19.0 Å². The fourth-order valence-electron chi connectivity index (χ4n) is 2.48. The number of aromatic amines is 1. The molecule has 7 heteroatoms. The van der Waals surface area contributed by atoms with Crippen molar-refractivity contribution in [3.63, 3.8) is 0 Å². The summed E-state index contributed by atoms with van der Waals surface area (Å²) in [5.41, 5.74) is 12.7. The lowest BCUT2D eigenvalue weighted by Crippen LogP contribution is -2.42. The smallest absolute Gasteiger partial charge is 0.276 e. The summed E-state index contributed by atoms with van der Waals surface area (Å²) in [5.74, 6) is -0.432. The van der Waals surface area contributed by atoms with E-state index in [-0.39, 0.29) is 29.3 Å². The highest BCUT2D eigenvalue weighted by molar-refractivity contribution is 5.97. The molecule has 2 rings (SSSR count). The number of carbonyl (C=O) groups is 2. The minimum atomic E-state index is -0.293. The van der Waals surface area contributed by atoms with E-state index in [0.29, 0.717) is 31.6 Å². The maximum absolute atomic E-state index is 12.4. The molecule has 0 aliphatic carbocycles. The number of primary amides is 1. The van der Waals surface area contributed by atoms with Crippen LogP contribution in [0.4, 0.5) is 5.69 Å². The van der Waals surface area contributed by atoms with E-state index in [4.69, 9.17) is 11.5 Å². The molecule has 2 heterocycles. The minimum Gasteiger partial charge on any atom is -0.395 e. The first kappa shape index (κ1) is 14.4. The third kappa shape index (κ3) is 2.61. The number of carbonyl (C=O) groups excluding carboxylic acids is 2. The van der Waals surface area contributed by atoms with Crippen LogP contribution in [0.25, 0.3) is 0 Å². The highest BCUT2D eigenvalue weighted by Crippen LogP contribution is 2.25. The van der Waals surface area contributed by atoms with Crippen molar-refractivity contribution in [3.8, 4) is 0 Å². The van der Waals surface area contributed by atoms with Gasteiger partial charge in [0.15, 0.2) is 5.69 Å². The molecule has 1 aliphatic rings. The molecule has 1 saturated heterocycles. The van der Waals surface area contributed by atoms with Gasteiger partial charge in [-0.05, 0) is 18.8 Å². The SMILES string of the molecule is CC(C)c1[nH]nc(C(=O)N2CCC(C(N)=O)CC2)c1N. The Morgan fingerprint density at radius 3 is 2.40 bits per heavy atom. The van der Waals surface area contributed by atoms with Gasteiger partial charge >= 0.3 is 0 Å². The molecule has 0 radical (unpaired) electrons. The molecule has 0 bridgehead atoms. The van der Waals surface area contributed by atoms with Gasteiger partial charge in [0.1, 0.15) is 0 Å². The number of hydrogen-bond acceptors (Lipinski definition) is 4. The predicted molar refractivity (Wildman–Crippen MR) is 74.9 cm³/mol. The quantitative estimate of drug-likeness (QED) is 0.744. The minimum absolute atomic E-state index is 0.137. The van der Waals surface area contributed by atoms with Gasteiger partial charge in [-0.15, -0.1) is 0 Å². The summed E-state index contributed by atoms with van der Waals surface area (Å²) in [6.07, 6.45) is 1.20. The fraction of sp³-hybridized carbons (Fsp3) is 0.615. The van der Waals surface area contributed by atoms with Crippen molar-refractivity contribution in [1.29, 1.82) is 0 Å². The summed E-state index contributed by atoms with van der Waals surface area (Å²) < 4.78 is 0. The molecular formula is C13H21N5O2. The first-order valence-electron chi connectivity index (χ1n) is 6.84. The van der Waals surface area contributed by atoms with Gasteiger partial charge in [0.2, 0.25) is 5.91 Å². The molecule has 110 valence electrons. The molecule has 1 fully saturated rings.